The summed E-state index contributed by atoms with van der Waals surface area (Å²) in [5, 5.41) is 12.3. The zero-order chi connectivity index (χ0) is 21.1. The van der Waals surface area contributed by atoms with Gasteiger partial charge in [0.15, 0.2) is 5.82 Å². The molecule has 2 heterocycles. The number of tetrazole rings is 1. The van der Waals surface area contributed by atoms with Crippen LogP contribution >= 0.6 is 0 Å². The Morgan fingerprint density at radius 3 is 2.60 bits per heavy atom. The number of nitrogens with zero attached hydrogens (tertiary/aromatic N) is 4. The van der Waals surface area contributed by atoms with Crippen LogP contribution in [0, 0.1) is 0 Å². The van der Waals surface area contributed by atoms with Gasteiger partial charge in [0.2, 0.25) is 0 Å². The van der Waals surface area contributed by atoms with Crippen molar-refractivity contribution in [1.29, 1.82) is 0 Å². The van der Waals surface area contributed by atoms with Crippen molar-refractivity contribution >= 4 is 11.0 Å². The molecule has 0 atom stereocenters. The van der Waals surface area contributed by atoms with Gasteiger partial charge < -0.3 is 13.9 Å². The van der Waals surface area contributed by atoms with E-state index in [-0.39, 0.29) is 12.4 Å². The molecule has 4 rings (SSSR count). The van der Waals surface area contributed by atoms with Crippen molar-refractivity contribution in [2.45, 2.75) is 26.6 Å². The minimum atomic E-state index is -2.90. The number of hydrogen-bond donors (Lipinski definition) is 0. The Labute approximate surface area is 168 Å². The maximum Gasteiger partial charge on any atom is 0.387 e. The molecule has 0 radical (unpaired) electrons. The first-order valence-corrected chi connectivity index (χ1v) is 9.05. The van der Waals surface area contributed by atoms with Gasteiger partial charge in [-0.05, 0) is 58.8 Å². The SMILES string of the molecule is CCc1cc(=O)oc2cc(OCc3nnnn3-c3ccc(OC(F)F)cc3)ccc12. The molecule has 0 unspecified atom stereocenters. The second kappa shape index (κ2) is 8.27. The molecule has 2 aromatic carbocycles. The second-order valence-electron chi connectivity index (χ2n) is 6.27. The van der Waals surface area contributed by atoms with Crippen molar-refractivity contribution in [3.63, 3.8) is 0 Å². The van der Waals surface area contributed by atoms with Gasteiger partial charge in [0.1, 0.15) is 23.7 Å². The average molecular weight is 414 g/mol. The fourth-order valence-electron chi connectivity index (χ4n) is 3.01. The van der Waals surface area contributed by atoms with Crippen LogP contribution in [0.3, 0.4) is 0 Å². The fraction of sp³-hybridized carbons (Fsp3) is 0.200. The summed E-state index contributed by atoms with van der Waals surface area (Å²) in [6.45, 7) is -0.900. The van der Waals surface area contributed by atoms with Crippen LogP contribution in [0.5, 0.6) is 11.5 Å². The first-order chi connectivity index (χ1) is 14.5. The normalized spacial score (nSPS) is 11.2. The van der Waals surface area contributed by atoms with E-state index < -0.39 is 12.2 Å². The van der Waals surface area contributed by atoms with Crippen molar-refractivity contribution in [2.75, 3.05) is 0 Å². The van der Waals surface area contributed by atoms with E-state index in [1.54, 1.807) is 24.3 Å². The standard InChI is InChI=1S/C20H16F2N4O4/c1-2-12-9-19(27)30-17-10-15(7-8-16(12)17)28-11-18-23-24-25-26(18)13-3-5-14(6-4-13)29-20(21)22/h3-10,20H,2,11H2,1H3. The van der Waals surface area contributed by atoms with Gasteiger partial charge >= 0.3 is 12.2 Å². The maximum atomic E-state index is 12.3. The van der Waals surface area contributed by atoms with Gasteiger partial charge in [0.25, 0.3) is 0 Å². The molecule has 0 aliphatic rings. The minimum Gasteiger partial charge on any atom is -0.485 e. The summed E-state index contributed by atoms with van der Waals surface area (Å²) in [6.07, 6.45) is 0.707. The lowest BCUT2D eigenvalue weighted by molar-refractivity contribution is -0.0498. The summed E-state index contributed by atoms with van der Waals surface area (Å²) < 4.78 is 41.3. The number of rotatable bonds is 7. The van der Waals surface area contributed by atoms with E-state index in [1.807, 2.05) is 13.0 Å². The summed E-state index contributed by atoms with van der Waals surface area (Å²) >= 11 is 0. The van der Waals surface area contributed by atoms with Crippen molar-refractivity contribution in [3.05, 3.63) is 70.3 Å². The lowest BCUT2D eigenvalue weighted by Gasteiger charge is -2.09. The quantitative estimate of drug-likeness (QED) is 0.427. The molecule has 10 heteroatoms. The van der Waals surface area contributed by atoms with E-state index in [4.69, 9.17) is 9.15 Å². The Balaban J connectivity index is 1.53. The molecule has 0 saturated carbocycles. The van der Waals surface area contributed by atoms with Gasteiger partial charge in [-0.2, -0.15) is 13.5 Å². The highest BCUT2D eigenvalue weighted by Crippen LogP contribution is 2.24. The highest BCUT2D eigenvalue weighted by molar-refractivity contribution is 5.81. The van der Waals surface area contributed by atoms with Crippen molar-refractivity contribution in [1.82, 2.24) is 20.2 Å². The van der Waals surface area contributed by atoms with Crippen LogP contribution in [0.2, 0.25) is 0 Å². The summed E-state index contributed by atoms with van der Waals surface area (Å²) in [4.78, 5) is 11.7. The molecule has 2 aromatic heterocycles. The summed E-state index contributed by atoms with van der Waals surface area (Å²) in [7, 11) is 0. The first-order valence-electron chi connectivity index (χ1n) is 9.05. The topological polar surface area (TPSA) is 92.3 Å². The van der Waals surface area contributed by atoms with Crippen molar-refractivity contribution in [2.24, 2.45) is 0 Å². The molecule has 0 fully saturated rings. The minimum absolute atomic E-state index is 0.0312. The molecule has 0 bridgehead atoms. The molecule has 0 saturated heterocycles. The van der Waals surface area contributed by atoms with E-state index in [0.717, 1.165) is 10.9 Å². The molecule has 154 valence electrons. The number of alkyl halides is 2. The molecule has 0 aliphatic heterocycles. The Morgan fingerprint density at radius 1 is 1.10 bits per heavy atom. The van der Waals surface area contributed by atoms with Gasteiger partial charge in [0, 0.05) is 17.5 Å². The van der Waals surface area contributed by atoms with Crippen LogP contribution in [-0.4, -0.2) is 26.8 Å². The van der Waals surface area contributed by atoms with E-state index in [1.165, 1.54) is 22.9 Å². The van der Waals surface area contributed by atoms with Crippen molar-refractivity contribution in [3.8, 4) is 17.2 Å². The predicted octanol–water partition coefficient (Wildman–Crippen LogP) is 3.51. The average Bonchev–Trinajstić information content (AvgIpc) is 3.20. The Kier molecular flexibility index (Phi) is 5.38. The molecular weight excluding hydrogens is 398 g/mol. The van der Waals surface area contributed by atoms with E-state index >= 15 is 0 Å². The number of ether oxygens (including phenoxy) is 2. The number of benzene rings is 2. The van der Waals surface area contributed by atoms with E-state index in [2.05, 4.69) is 20.3 Å². The number of fused-ring (bicyclic) bond motifs is 1. The third-order valence-corrected chi connectivity index (χ3v) is 4.39. The maximum absolute atomic E-state index is 12.3. The zero-order valence-corrected chi connectivity index (χ0v) is 15.8. The van der Waals surface area contributed by atoms with Crippen LogP contribution < -0.4 is 15.1 Å². The smallest absolute Gasteiger partial charge is 0.387 e. The van der Waals surface area contributed by atoms with Crippen LogP contribution in [0.1, 0.15) is 18.3 Å². The molecule has 4 aromatic rings. The largest absolute Gasteiger partial charge is 0.485 e. The predicted molar refractivity (Wildman–Crippen MR) is 102 cm³/mol. The molecule has 8 nitrogen and oxygen atoms in total. The lowest BCUT2D eigenvalue weighted by atomic mass is 10.1. The number of hydrogen-bond acceptors (Lipinski definition) is 7. The number of aryl methyl sites for hydroxylation is 1. The Bertz CT molecular complexity index is 1220. The molecule has 0 N–H and O–H groups in total. The van der Waals surface area contributed by atoms with Crippen LogP contribution in [0.15, 0.2) is 57.7 Å². The summed E-state index contributed by atoms with van der Waals surface area (Å²) in [5.74, 6) is 0.902. The number of aromatic nitrogens is 4. The van der Waals surface area contributed by atoms with Crippen LogP contribution in [0.4, 0.5) is 8.78 Å². The van der Waals surface area contributed by atoms with Gasteiger partial charge in [-0.1, -0.05) is 6.92 Å². The number of halogens is 2. The van der Waals surface area contributed by atoms with Gasteiger partial charge in [-0.25, -0.2) is 4.79 Å². The monoisotopic (exact) mass is 414 g/mol. The summed E-state index contributed by atoms with van der Waals surface area (Å²) in [5.41, 5.74) is 1.47. The molecule has 0 amide bonds. The third-order valence-electron chi connectivity index (χ3n) is 4.39. The molecule has 0 aliphatic carbocycles. The molecular formula is C20H16F2N4O4. The van der Waals surface area contributed by atoms with Crippen LogP contribution in [-0.2, 0) is 13.0 Å². The first kappa shape index (κ1) is 19.5. The Hall–Kier alpha value is -3.82. The third kappa shape index (κ3) is 4.12. The fourth-order valence-corrected chi connectivity index (χ4v) is 3.01. The molecule has 30 heavy (non-hydrogen) atoms. The van der Waals surface area contributed by atoms with Crippen LogP contribution in [0.25, 0.3) is 16.7 Å². The highest BCUT2D eigenvalue weighted by Gasteiger charge is 2.12. The second-order valence-corrected chi connectivity index (χ2v) is 6.27. The van der Waals surface area contributed by atoms with Gasteiger partial charge in [-0.3, -0.25) is 0 Å². The lowest BCUT2D eigenvalue weighted by Crippen LogP contribution is -2.07. The van der Waals surface area contributed by atoms with E-state index in [0.29, 0.717) is 29.3 Å². The summed E-state index contributed by atoms with van der Waals surface area (Å²) in [6, 6.07) is 12.6. The zero-order valence-electron chi connectivity index (χ0n) is 15.8. The highest BCUT2D eigenvalue weighted by atomic mass is 19.3. The van der Waals surface area contributed by atoms with Gasteiger partial charge in [-0.15, -0.1) is 5.10 Å². The molecule has 0 spiro atoms. The van der Waals surface area contributed by atoms with Gasteiger partial charge in [0.05, 0.1) is 5.69 Å². The Morgan fingerprint density at radius 2 is 1.87 bits per heavy atom. The van der Waals surface area contributed by atoms with E-state index in [9.17, 15) is 13.6 Å². The van der Waals surface area contributed by atoms with Crippen molar-refractivity contribution < 1.29 is 22.7 Å².